The highest BCUT2D eigenvalue weighted by Crippen LogP contribution is 2.28. The van der Waals surface area contributed by atoms with E-state index in [9.17, 15) is 18.0 Å². The van der Waals surface area contributed by atoms with Crippen molar-refractivity contribution in [3.63, 3.8) is 0 Å². The summed E-state index contributed by atoms with van der Waals surface area (Å²) in [6, 6.07) is 2.43. The maximum absolute atomic E-state index is 14.4. The van der Waals surface area contributed by atoms with Crippen molar-refractivity contribution in [1.82, 2.24) is 14.9 Å². The highest BCUT2D eigenvalue weighted by molar-refractivity contribution is 5.95. The van der Waals surface area contributed by atoms with Gasteiger partial charge in [-0.05, 0) is 13.0 Å². The minimum Gasteiger partial charge on any atom is -0.491 e. The third-order valence-electron chi connectivity index (χ3n) is 4.69. The summed E-state index contributed by atoms with van der Waals surface area (Å²) in [6.07, 6.45) is 0. The molecule has 0 spiro atoms. The predicted molar refractivity (Wildman–Crippen MR) is 102 cm³/mol. The number of ether oxygens (including phenoxy) is 1. The Balaban J connectivity index is 1.76. The molecule has 156 valence electrons. The Kier molecular flexibility index (Phi) is 5.81. The molecule has 0 unspecified atom stereocenters. The van der Waals surface area contributed by atoms with E-state index in [2.05, 4.69) is 14.7 Å². The Hall–Kier alpha value is -3.04. The van der Waals surface area contributed by atoms with Crippen molar-refractivity contribution >= 4 is 17.7 Å². The zero-order valence-corrected chi connectivity index (χ0v) is 16.7. The van der Waals surface area contributed by atoms with Gasteiger partial charge in [0.25, 0.3) is 5.91 Å². The van der Waals surface area contributed by atoms with Crippen LogP contribution in [0.1, 0.15) is 16.1 Å². The predicted octanol–water partition coefficient (Wildman–Crippen LogP) is 2.24. The molecule has 0 atom stereocenters. The lowest BCUT2D eigenvalue weighted by Crippen LogP contribution is -2.49. The van der Waals surface area contributed by atoms with E-state index in [4.69, 9.17) is 0 Å². The van der Waals surface area contributed by atoms with E-state index in [-0.39, 0.29) is 13.1 Å². The number of piperazine rings is 1. The first kappa shape index (κ1) is 20.7. The normalized spacial score (nSPS) is 14.2. The van der Waals surface area contributed by atoms with Gasteiger partial charge in [0.15, 0.2) is 17.4 Å². The molecule has 1 aliphatic rings. The number of amides is 1. The molecule has 1 saturated heterocycles. The number of aromatic nitrogens is 2. The molecule has 0 aliphatic carbocycles. The molecule has 0 bridgehead atoms. The first-order chi connectivity index (χ1) is 13.7. The fourth-order valence-electron chi connectivity index (χ4n) is 3.10. The second kappa shape index (κ2) is 8.14. The quantitative estimate of drug-likeness (QED) is 0.722. The van der Waals surface area contributed by atoms with Crippen molar-refractivity contribution in [2.24, 2.45) is 0 Å². The molecule has 1 aromatic heterocycles. The van der Waals surface area contributed by atoms with E-state index in [0.717, 1.165) is 18.6 Å². The van der Waals surface area contributed by atoms with E-state index in [1.165, 1.54) is 4.90 Å². The molecule has 0 radical (unpaired) electrons. The van der Waals surface area contributed by atoms with Crippen LogP contribution in [0.25, 0.3) is 0 Å². The number of hydrogen-bond acceptors (Lipinski definition) is 6. The van der Waals surface area contributed by atoms with E-state index in [1.807, 2.05) is 36.9 Å². The van der Waals surface area contributed by atoms with Gasteiger partial charge >= 0.3 is 0 Å². The van der Waals surface area contributed by atoms with Crippen LogP contribution in [0.5, 0.6) is 5.75 Å². The molecule has 2 heterocycles. The molecule has 2 aromatic rings. The number of carbonyl (C=O) groups is 1. The van der Waals surface area contributed by atoms with Gasteiger partial charge in [-0.25, -0.2) is 13.8 Å². The maximum atomic E-state index is 14.4. The van der Waals surface area contributed by atoms with Crippen molar-refractivity contribution in [2.45, 2.75) is 6.92 Å². The van der Waals surface area contributed by atoms with Crippen LogP contribution in [-0.4, -0.2) is 68.2 Å². The van der Waals surface area contributed by atoms with E-state index < -0.39 is 34.7 Å². The Morgan fingerprint density at radius 3 is 2.31 bits per heavy atom. The number of aryl methyl sites for hydroxylation is 1. The average Bonchev–Trinajstić information content (AvgIpc) is 2.70. The van der Waals surface area contributed by atoms with Crippen molar-refractivity contribution in [1.29, 1.82) is 0 Å². The van der Waals surface area contributed by atoms with Crippen LogP contribution in [0, 0.1) is 24.4 Å². The molecule has 7 nitrogen and oxygen atoms in total. The number of nitrogens with zero attached hydrogens (tertiary/aromatic N) is 5. The number of hydrogen-bond donors (Lipinski definition) is 0. The van der Waals surface area contributed by atoms with Gasteiger partial charge in [-0.2, -0.15) is 9.37 Å². The molecule has 1 fully saturated rings. The molecular weight excluding hydrogens is 387 g/mol. The molecule has 10 heteroatoms. The summed E-state index contributed by atoms with van der Waals surface area (Å²) >= 11 is 0. The largest absolute Gasteiger partial charge is 0.491 e. The van der Waals surface area contributed by atoms with Gasteiger partial charge in [0.1, 0.15) is 5.82 Å². The van der Waals surface area contributed by atoms with E-state index in [1.54, 1.807) is 0 Å². The summed E-state index contributed by atoms with van der Waals surface area (Å²) in [4.78, 5) is 26.8. The Morgan fingerprint density at radius 1 is 1.07 bits per heavy atom. The lowest BCUT2D eigenvalue weighted by molar-refractivity contribution is 0.0739. The van der Waals surface area contributed by atoms with Gasteiger partial charge in [0.2, 0.25) is 11.8 Å². The Labute approximate surface area is 166 Å². The molecule has 29 heavy (non-hydrogen) atoms. The van der Waals surface area contributed by atoms with Crippen LogP contribution in [0.4, 0.5) is 24.9 Å². The van der Waals surface area contributed by atoms with Crippen LogP contribution in [0.2, 0.25) is 0 Å². The molecular formula is C19H22F3N5O2. The summed E-state index contributed by atoms with van der Waals surface area (Å²) in [5, 5.41) is 0. The van der Waals surface area contributed by atoms with Gasteiger partial charge in [-0.15, -0.1) is 0 Å². The average molecular weight is 409 g/mol. The highest BCUT2D eigenvalue weighted by atomic mass is 19.2. The van der Waals surface area contributed by atoms with E-state index in [0.29, 0.717) is 25.1 Å². The fraction of sp³-hybridized carbons (Fsp3) is 0.421. The zero-order chi connectivity index (χ0) is 21.3. The molecule has 1 amide bonds. The van der Waals surface area contributed by atoms with Gasteiger partial charge < -0.3 is 19.4 Å². The van der Waals surface area contributed by atoms with Gasteiger partial charge in [0.05, 0.1) is 12.7 Å². The minimum absolute atomic E-state index is 0.258. The van der Waals surface area contributed by atoms with Crippen LogP contribution >= 0.6 is 0 Å². The van der Waals surface area contributed by atoms with Crippen LogP contribution < -0.4 is 14.5 Å². The summed E-state index contributed by atoms with van der Waals surface area (Å²) in [5.74, 6) is -4.33. The lowest BCUT2D eigenvalue weighted by atomic mass is 10.1. The molecule has 0 saturated carbocycles. The molecule has 1 aromatic carbocycles. The molecule has 1 aliphatic heterocycles. The number of halogens is 3. The van der Waals surface area contributed by atoms with Crippen molar-refractivity contribution in [3.8, 4) is 5.75 Å². The summed E-state index contributed by atoms with van der Waals surface area (Å²) in [6.45, 7) is 3.23. The summed E-state index contributed by atoms with van der Waals surface area (Å²) < 4.78 is 46.3. The second-order valence-electron chi connectivity index (χ2n) is 6.91. The first-order valence-corrected chi connectivity index (χ1v) is 9.01. The Bertz CT molecular complexity index is 931. The van der Waals surface area contributed by atoms with Crippen molar-refractivity contribution in [2.75, 3.05) is 57.2 Å². The third-order valence-corrected chi connectivity index (χ3v) is 4.69. The SMILES string of the molecule is COc1c(F)c(F)cc(C(=O)N2CCN(c3nc(C)cc(N(C)C)n3)CC2)c1F. The van der Waals surface area contributed by atoms with Gasteiger partial charge in [0, 0.05) is 52.0 Å². The number of benzene rings is 1. The van der Waals surface area contributed by atoms with E-state index >= 15 is 0 Å². The van der Waals surface area contributed by atoms with Crippen molar-refractivity contribution in [3.05, 3.63) is 40.8 Å². The fourth-order valence-corrected chi connectivity index (χ4v) is 3.10. The number of carbonyl (C=O) groups excluding carboxylic acids is 1. The smallest absolute Gasteiger partial charge is 0.257 e. The zero-order valence-electron chi connectivity index (χ0n) is 16.7. The molecule has 3 rings (SSSR count). The Morgan fingerprint density at radius 2 is 1.72 bits per heavy atom. The number of anilines is 2. The van der Waals surface area contributed by atoms with Crippen LogP contribution in [0.15, 0.2) is 12.1 Å². The standard InChI is InChI=1S/C19H22F3N5O2/c1-11-9-14(25(2)3)24-19(23-11)27-7-5-26(6-8-27)18(28)12-10-13(20)16(22)17(29-4)15(12)21/h9-10H,5-8H2,1-4H3. The third kappa shape index (κ3) is 4.06. The first-order valence-electron chi connectivity index (χ1n) is 9.01. The maximum Gasteiger partial charge on any atom is 0.257 e. The summed E-state index contributed by atoms with van der Waals surface area (Å²) in [7, 11) is 4.78. The lowest BCUT2D eigenvalue weighted by Gasteiger charge is -2.35. The topological polar surface area (TPSA) is 61.8 Å². The van der Waals surface area contributed by atoms with Crippen LogP contribution in [0.3, 0.4) is 0 Å². The van der Waals surface area contributed by atoms with Gasteiger partial charge in [-0.3, -0.25) is 4.79 Å². The summed E-state index contributed by atoms with van der Waals surface area (Å²) in [5.41, 5.74) is 0.254. The number of methoxy groups -OCH3 is 1. The number of rotatable bonds is 4. The molecule has 0 N–H and O–H groups in total. The van der Waals surface area contributed by atoms with Gasteiger partial charge in [-0.1, -0.05) is 0 Å². The van der Waals surface area contributed by atoms with Crippen molar-refractivity contribution < 1.29 is 22.7 Å². The second-order valence-corrected chi connectivity index (χ2v) is 6.91. The highest BCUT2D eigenvalue weighted by Gasteiger charge is 2.29. The van der Waals surface area contributed by atoms with Crippen LogP contribution in [-0.2, 0) is 0 Å². The monoisotopic (exact) mass is 409 g/mol. The minimum atomic E-state index is -1.46.